The highest BCUT2D eigenvalue weighted by molar-refractivity contribution is 5.48. The molecule has 0 bridgehead atoms. The summed E-state index contributed by atoms with van der Waals surface area (Å²) in [6, 6.07) is 8.45. The van der Waals surface area contributed by atoms with Crippen LogP contribution in [-0.2, 0) is 0 Å². The van der Waals surface area contributed by atoms with Gasteiger partial charge in [-0.05, 0) is 49.3 Å². The highest BCUT2D eigenvalue weighted by Crippen LogP contribution is 2.24. The number of benzene rings is 1. The van der Waals surface area contributed by atoms with E-state index in [1.165, 1.54) is 31.5 Å². The van der Waals surface area contributed by atoms with Crippen LogP contribution < -0.4 is 4.90 Å². The standard InChI is InChI=1S/C16H25NO/c1-3-16(18)14-6-8-15(9-7-14)17-11-4-5-13(2)10-12-17/h6-9,13,16,18H,3-5,10-12H2,1-2H3/t13?,16-/m1/s1. The summed E-state index contributed by atoms with van der Waals surface area (Å²) in [5, 5.41) is 9.80. The molecule has 0 amide bonds. The van der Waals surface area contributed by atoms with Crippen LogP contribution in [0.25, 0.3) is 0 Å². The zero-order valence-corrected chi connectivity index (χ0v) is 11.6. The Morgan fingerprint density at radius 2 is 1.94 bits per heavy atom. The van der Waals surface area contributed by atoms with E-state index in [1.54, 1.807) is 0 Å². The molecule has 1 heterocycles. The number of rotatable bonds is 3. The van der Waals surface area contributed by atoms with Crippen LogP contribution in [0.4, 0.5) is 5.69 Å². The zero-order chi connectivity index (χ0) is 13.0. The average molecular weight is 247 g/mol. The van der Waals surface area contributed by atoms with Crippen LogP contribution in [0, 0.1) is 5.92 Å². The first-order chi connectivity index (χ1) is 8.70. The van der Waals surface area contributed by atoms with Gasteiger partial charge < -0.3 is 10.0 Å². The first-order valence-electron chi connectivity index (χ1n) is 7.23. The Morgan fingerprint density at radius 1 is 1.22 bits per heavy atom. The van der Waals surface area contributed by atoms with Crippen LogP contribution in [0.5, 0.6) is 0 Å². The van der Waals surface area contributed by atoms with E-state index in [0.29, 0.717) is 0 Å². The molecule has 1 aliphatic heterocycles. The fourth-order valence-electron chi connectivity index (χ4n) is 2.66. The lowest BCUT2D eigenvalue weighted by molar-refractivity contribution is 0.173. The number of anilines is 1. The Kier molecular flexibility index (Phi) is 4.65. The minimum atomic E-state index is -0.316. The van der Waals surface area contributed by atoms with Crippen LogP contribution in [0.3, 0.4) is 0 Å². The Hall–Kier alpha value is -1.02. The lowest BCUT2D eigenvalue weighted by atomic mass is 10.0. The van der Waals surface area contributed by atoms with Crippen LogP contribution in [0.2, 0.25) is 0 Å². The fraction of sp³-hybridized carbons (Fsp3) is 0.625. The summed E-state index contributed by atoms with van der Waals surface area (Å²) in [5.41, 5.74) is 2.33. The number of nitrogens with zero attached hydrogens (tertiary/aromatic N) is 1. The molecule has 2 atom stereocenters. The maximum atomic E-state index is 9.80. The number of hydrogen-bond donors (Lipinski definition) is 1. The molecule has 2 nitrogen and oxygen atoms in total. The molecule has 18 heavy (non-hydrogen) atoms. The minimum absolute atomic E-state index is 0.316. The summed E-state index contributed by atoms with van der Waals surface area (Å²) in [4.78, 5) is 2.48. The van der Waals surface area contributed by atoms with Gasteiger partial charge in [-0.25, -0.2) is 0 Å². The van der Waals surface area contributed by atoms with Gasteiger partial charge in [-0.1, -0.05) is 26.0 Å². The van der Waals surface area contributed by atoms with Gasteiger partial charge in [0.1, 0.15) is 0 Å². The van der Waals surface area contributed by atoms with Crippen molar-refractivity contribution in [3.8, 4) is 0 Å². The molecule has 0 aromatic heterocycles. The lowest BCUT2D eigenvalue weighted by Gasteiger charge is -2.23. The van der Waals surface area contributed by atoms with E-state index in [1.807, 2.05) is 6.92 Å². The third-order valence-corrected chi connectivity index (χ3v) is 4.05. The second-order valence-corrected chi connectivity index (χ2v) is 5.54. The lowest BCUT2D eigenvalue weighted by Crippen LogP contribution is -2.24. The molecule has 1 aromatic rings. The second-order valence-electron chi connectivity index (χ2n) is 5.54. The van der Waals surface area contributed by atoms with E-state index in [0.717, 1.165) is 24.4 Å². The Balaban J connectivity index is 2.04. The molecule has 0 saturated carbocycles. The van der Waals surface area contributed by atoms with Crippen molar-refractivity contribution in [1.82, 2.24) is 0 Å². The predicted molar refractivity (Wildman–Crippen MR) is 76.9 cm³/mol. The molecule has 1 aromatic carbocycles. The van der Waals surface area contributed by atoms with Crippen molar-refractivity contribution >= 4 is 5.69 Å². The van der Waals surface area contributed by atoms with Crippen molar-refractivity contribution in [2.45, 2.75) is 45.6 Å². The van der Waals surface area contributed by atoms with Crippen molar-refractivity contribution in [3.63, 3.8) is 0 Å². The van der Waals surface area contributed by atoms with Gasteiger partial charge in [-0.3, -0.25) is 0 Å². The highest BCUT2D eigenvalue weighted by atomic mass is 16.3. The molecule has 0 radical (unpaired) electrons. The molecule has 1 aliphatic rings. The van der Waals surface area contributed by atoms with E-state index in [-0.39, 0.29) is 6.10 Å². The normalized spacial score (nSPS) is 22.6. The van der Waals surface area contributed by atoms with Crippen molar-refractivity contribution in [1.29, 1.82) is 0 Å². The molecule has 2 rings (SSSR count). The van der Waals surface area contributed by atoms with Crippen LogP contribution >= 0.6 is 0 Å². The second kappa shape index (κ2) is 6.24. The fourth-order valence-corrected chi connectivity index (χ4v) is 2.66. The smallest absolute Gasteiger partial charge is 0.0787 e. The van der Waals surface area contributed by atoms with Gasteiger partial charge in [0.05, 0.1) is 6.10 Å². The van der Waals surface area contributed by atoms with E-state index in [9.17, 15) is 5.11 Å². The van der Waals surface area contributed by atoms with Crippen molar-refractivity contribution in [2.75, 3.05) is 18.0 Å². The molecule has 1 unspecified atom stereocenters. The van der Waals surface area contributed by atoms with Gasteiger partial charge in [0.25, 0.3) is 0 Å². The maximum absolute atomic E-state index is 9.80. The Bertz CT molecular complexity index is 360. The summed E-state index contributed by atoms with van der Waals surface area (Å²) in [6.45, 7) is 6.69. The van der Waals surface area contributed by atoms with Crippen molar-refractivity contribution in [2.24, 2.45) is 5.92 Å². The SMILES string of the molecule is CC[C@@H](O)c1ccc(N2CCCC(C)CC2)cc1. The summed E-state index contributed by atoms with van der Waals surface area (Å²) in [5.74, 6) is 0.858. The Labute approximate surface area is 111 Å². The summed E-state index contributed by atoms with van der Waals surface area (Å²) < 4.78 is 0. The number of aliphatic hydroxyl groups is 1. The minimum Gasteiger partial charge on any atom is -0.388 e. The van der Waals surface area contributed by atoms with Crippen LogP contribution in [0.15, 0.2) is 24.3 Å². The summed E-state index contributed by atoms with van der Waals surface area (Å²) in [7, 11) is 0. The first-order valence-corrected chi connectivity index (χ1v) is 7.23. The third-order valence-electron chi connectivity index (χ3n) is 4.05. The number of aliphatic hydroxyl groups excluding tert-OH is 1. The molecule has 0 aliphatic carbocycles. The highest BCUT2D eigenvalue weighted by Gasteiger charge is 2.14. The van der Waals surface area contributed by atoms with E-state index >= 15 is 0 Å². The average Bonchev–Trinajstić information content (AvgIpc) is 2.63. The first kappa shape index (κ1) is 13.4. The maximum Gasteiger partial charge on any atom is 0.0787 e. The van der Waals surface area contributed by atoms with Gasteiger partial charge in [0, 0.05) is 18.8 Å². The molecule has 100 valence electrons. The quantitative estimate of drug-likeness (QED) is 0.879. The van der Waals surface area contributed by atoms with Crippen LogP contribution in [-0.4, -0.2) is 18.2 Å². The van der Waals surface area contributed by atoms with Gasteiger partial charge in [-0.15, -0.1) is 0 Å². The molecule has 1 N–H and O–H groups in total. The Morgan fingerprint density at radius 3 is 2.61 bits per heavy atom. The molecule has 1 fully saturated rings. The van der Waals surface area contributed by atoms with E-state index < -0.39 is 0 Å². The molecule has 1 saturated heterocycles. The predicted octanol–water partition coefficient (Wildman–Crippen LogP) is 3.76. The van der Waals surface area contributed by atoms with E-state index in [2.05, 4.69) is 36.1 Å². The van der Waals surface area contributed by atoms with Crippen LogP contribution in [0.1, 0.15) is 51.2 Å². The molecule has 0 spiro atoms. The van der Waals surface area contributed by atoms with E-state index in [4.69, 9.17) is 0 Å². The largest absolute Gasteiger partial charge is 0.388 e. The van der Waals surface area contributed by atoms with Gasteiger partial charge >= 0.3 is 0 Å². The molecular weight excluding hydrogens is 222 g/mol. The van der Waals surface area contributed by atoms with Gasteiger partial charge in [-0.2, -0.15) is 0 Å². The van der Waals surface area contributed by atoms with Crippen molar-refractivity contribution < 1.29 is 5.11 Å². The van der Waals surface area contributed by atoms with Crippen molar-refractivity contribution in [3.05, 3.63) is 29.8 Å². The van der Waals surface area contributed by atoms with Gasteiger partial charge in [0.2, 0.25) is 0 Å². The zero-order valence-electron chi connectivity index (χ0n) is 11.6. The summed E-state index contributed by atoms with van der Waals surface area (Å²) in [6.07, 6.45) is 4.40. The third kappa shape index (κ3) is 3.26. The number of hydrogen-bond acceptors (Lipinski definition) is 2. The monoisotopic (exact) mass is 247 g/mol. The summed E-state index contributed by atoms with van der Waals surface area (Å²) >= 11 is 0. The topological polar surface area (TPSA) is 23.5 Å². The molecule has 2 heteroatoms. The molecular formula is C16H25NO. The van der Waals surface area contributed by atoms with Gasteiger partial charge in [0.15, 0.2) is 0 Å².